The van der Waals surface area contributed by atoms with Crippen LogP contribution in [0.4, 0.5) is 4.39 Å². The van der Waals surface area contributed by atoms with Gasteiger partial charge in [0.15, 0.2) is 11.6 Å². The Hall–Kier alpha value is -1.10. The normalized spacial score (nSPS) is 9.93. The van der Waals surface area contributed by atoms with E-state index in [0.717, 1.165) is 0 Å². The molecule has 0 saturated carbocycles. The molecule has 0 bridgehead atoms. The number of carboxylic acids is 1. The highest BCUT2D eigenvalue weighted by Crippen LogP contribution is 2.27. The molecule has 0 radical (unpaired) electrons. The molecular formula is C9H8BrFO3. The van der Waals surface area contributed by atoms with Gasteiger partial charge in [-0.05, 0) is 12.1 Å². The highest BCUT2D eigenvalue weighted by atomic mass is 79.9. The zero-order valence-electron chi connectivity index (χ0n) is 7.38. The van der Waals surface area contributed by atoms with Crippen molar-refractivity contribution in [2.24, 2.45) is 0 Å². The molecule has 0 atom stereocenters. The van der Waals surface area contributed by atoms with Crippen LogP contribution in [0.5, 0.6) is 5.75 Å². The van der Waals surface area contributed by atoms with E-state index in [9.17, 15) is 9.18 Å². The van der Waals surface area contributed by atoms with E-state index < -0.39 is 11.8 Å². The summed E-state index contributed by atoms with van der Waals surface area (Å²) in [5.74, 6) is -1.67. The van der Waals surface area contributed by atoms with Crippen LogP contribution in [0.1, 0.15) is 5.56 Å². The first kappa shape index (κ1) is 11.0. The summed E-state index contributed by atoms with van der Waals surface area (Å²) < 4.78 is 18.6. The molecule has 0 unspecified atom stereocenters. The molecule has 1 N–H and O–H groups in total. The van der Waals surface area contributed by atoms with Crippen molar-refractivity contribution in [3.63, 3.8) is 0 Å². The monoisotopic (exact) mass is 262 g/mol. The fourth-order valence-electron chi connectivity index (χ4n) is 1.05. The third-order valence-electron chi connectivity index (χ3n) is 1.70. The summed E-state index contributed by atoms with van der Waals surface area (Å²) in [6, 6.07) is 2.99. The fourth-order valence-corrected chi connectivity index (χ4v) is 1.49. The lowest BCUT2D eigenvalue weighted by molar-refractivity contribution is -0.136. The Morgan fingerprint density at radius 3 is 2.79 bits per heavy atom. The molecule has 1 rings (SSSR count). The van der Waals surface area contributed by atoms with Crippen molar-refractivity contribution >= 4 is 21.9 Å². The van der Waals surface area contributed by atoms with Gasteiger partial charge in [0.05, 0.1) is 13.5 Å². The second-order valence-corrected chi connectivity index (χ2v) is 3.47. The second kappa shape index (κ2) is 4.41. The molecule has 3 nitrogen and oxygen atoms in total. The molecular weight excluding hydrogens is 255 g/mol. The van der Waals surface area contributed by atoms with Crippen LogP contribution in [0.25, 0.3) is 0 Å². The number of hydrogen-bond donors (Lipinski definition) is 1. The molecule has 0 saturated heterocycles. The largest absolute Gasteiger partial charge is 0.494 e. The number of rotatable bonds is 3. The minimum absolute atomic E-state index is 0.0458. The van der Waals surface area contributed by atoms with Gasteiger partial charge >= 0.3 is 5.97 Å². The van der Waals surface area contributed by atoms with E-state index in [1.54, 1.807) is 6.07 Å². The number of benzene rings is 1. The number of methoxy groups -OCH3 is 1. The van der Waals surface area contributed by atoms with Crippen LogP contribution >= 0.6 is 15.9 Å². The van der Waals surface area contributed by atoms with Gasteiger partial charge in [-0.1, -0.05) is 15.9 Å². The summed E-state index contributed by atoms with van der Waals surface area (Å²) >= 11 is 3.08. The summed E-state index contributed by atoms with van der Waals surface area (Å²) in [7, 11) is 1.33. The summed E-state index contributed by atoms with van der Waals surface area (Å²) in [5, 5.41) is 8.55. The molecule has 1 aromatic rings. The van der Waals surface area contributed by atoms with Crippen molar-refractivity contribution in [2.75, 3.05) is 7.11 Å². The van der Waals surface area contributed by atoms with Gasteiger partial charge in [0.1, 0.15) is 0 Å². The molecule has 0 aliphatic rings. The minimum Gasteiger partial charge on any atom is -0.494 e. The molecule has 14 heavy (non-hydrogen) atoms. The lowest BCUT2D eigenvalue weighted by Crippen LogP contribution is -2.04. The third-order valence-corrected chi connectivity index (χ3v) is 2.44. The van der Waals surface area contributed by atoms with E-state index in [-0.39, 0.29) is 17.7 Å². The average Bonchev–Trinajstić information content (AvgIpc) is 2.12. The van der Waals surface area contributed by atoms with Crippen molar-refractivity contribution in [2.45, 2.75) is 6.42 Å². The Labute approximate surface area is 88.6 Å². The first-order chi connectivity index (χ1) is 6.56. The van der Waals surface area contributed by atoms with Crippen LogP contribution in [0, 0.1) is 5.82 Å². The first-order valence-electron chi connectivity index (χ1n) is 3.79. The van der Waals surface area contributed by atoms with Crippen LogP contribution in [0.3, 0.4) is 0 Å². The number of ether oxygens (including phenoxy) is 1. The third kappa shape index (κ3) is 2.23. The number of carbonyl (C=O) groups is 1. The fraction of sp³-hybridized carbons (Fsp3) is 0.222. The van der Waals surface area contributed by atoms with E-state index in [2.05, 4.69) is 15.9 Å². The predicted molar refractivity (Wildman–Crippen MR) is 52.0 cm³/mol. The van der Waals surface area contributed by atoms with Crippen molar-refractivity contribution in [3.05, 3.63) is 28.0 Å². The maximum Gasteiger partial charge on any atom is 0.307 e. The first-order valence-corrected chi connectivity index (χ1v) is 4.58. The Balaban J connectivity index is 3.18. The van der Waals surface area contributed by atoms with Gasteiger partial charge in [0.2, 0.25) is 0 Å². The van der Waals surface area contributed by atoms with E-state index >= 15 is 0 Å². The molecule has 0 heterocycles. The van der Waals surface area contributed by atoms with Gasteiger partial charge in [-0.2, -0.15) is 0 Å². The van der Waals surface area contributed by atoms with Crippen molar-refractivity contribution in [1.82, 2.24) is 0 Å². The van der Waals surface area contributed by atoms with Crippen molar-refractivity contribution in [1.29, 1.82) is 0 Å². The van der Waals surface area contributed by atoms with E-state index in [0.29, 0.717) is 4.47 Å². The van der Waals surface area contributed by atoms with Crippen molar-refractivity contribution < 1.29 is 19.0 Å². The van der Waals surface area contributed by atoms with Gasteiger partial charge in [-0.15, -0.1) is 0 Å². The molecule has 1 aromatic carbocycles. The summed E-state index contributed by atoms with van der Waals surface area (Å²) in [5.41, 5.74) is 0.0943. The zero-order valence-corrected chi connectivity index (χ0v) is 8.97. The predicted octanol–water partition coefficient (Wildman–Crippen LogP) is 2.22. The number of carboxylic acid groups (broad SMARTS) is 1. The molecule has 0 aliphatic carbocycles. The topological polar surface area (TPSA) is 46.5 Å². The summed E-state index contributed by atoms with van der Waals surface area (Å²) in [6.45, 7) is 0. The van der Waals surface area contributed by atoms with E-state index in [1.807, 2.05) is 0 Å². The van der Waals surface area contributed by atoms with Gasteiger partial charge < -0.3 is 9.84 Å². The smallest absolute Gasteiger partial charge is 0.307 e. The Kier molecular flexibility index (Phi) is 3.46. The van der Waals surface area contributed by atoms with Gasteiger partial charge in [-0.3, -0.25) is 4.79 Å². The van der Waals surface area contributed by atoms with Crippen molar-refractivity contribution in [3.8, 4) is 5.75 Å². The highest BCUT2D eigenvalue weighted by molar-refractivity contribution is 9.10. The molecule has 0 spiro atoms. The van der Waals surface area contributed by atoms with Gasteiger partial charge in [0.25, 0.3) is 0 Å². The van der Waals surface area contributed by atoms with Crippen LogP contribution in [-0.2, 0) is 11.2 Å². The quantitative estimate of drug-likeness (QED) is 0.909. The highest BCUT2D eigenvalue weighted by Gasteiger charge is 2.15. The molecule has 0 amide bonds. The van der Waals surface area contributed by atoms with Crippen LogP contribution in [0.15, 0.2) is 16.6 Å². The SMILES string of the molecule is COc1ccc(Br)c(CC(=O)O)c1F. The van der Waals surface area contributed by atoms with E-state index in [1.165, 1.54) is 13.2 Å². The van der Waals surface area contributed by atoms with Crippen LogP contribution in [-0.4, -0.2) is 18.2 Å². The number of halogens is 2. The number of aliphatic carboxylic acids is 1. The summed E-state index contributed by atoms with van der Waals surface area (Å²) in [6.07, 6.45) is -0.371. The minimum atomic E-state index is -1.09. The number of hydrogen-bond acceptors (Lipinski definition) is 2. The molecule has 0 aliphatic heterocycles. The zero-order chi connectivity index (χ0) is 10.7. The van der Waals surface area contributed by atoms with Gasteiger partial charge in [0, 0.05) is 10.0 Å². The Morgan fingerprint density at radius 2 is 2.29 bits per heavy atom. The standard InChI is InChI=1S/C9H8BrFO3/c1-14-7-3-2-6(10)5(9(7)11)4-8(12)13/h2-3H,4H2,1H3,(H,12,13). The molecule has 5 heteroatoms. The van der Waals surface area contributed by atoms with Gasteiger partial charge in [-0.25, -0.2) is 4.39 Å². The Morgan fingerprint density at radius 1 is 1.64 bits per heavy atom. The molecule has 76 valence electrons. The van der Waals surface area contributed by atoms with E-state index in [4.69, 9.17) is 9.84 Å². The molecule has 0 fully saturated rings. The maximum atomic E-state index is 13.5. The van der Waals surface area contributed by atoms with Crippen LogP contribution < -0.4 is 4.74 Å². The molecule has 0 aromatic heterocycles. The van der Waals surface area contributed by atoms with Crippen LogP contribution in [0.2, 0.25) is 0 Å². The maximum absolute atomic E-state index is 13.5. The lowest BCUT2D eigenvalue weighted by atomic mass is 10.1. The second-order valence-electron chi connectivity index (χ2n) is 2.61. The Bertz CT molecular complexity index is 365. The summed E-state index contributed by atoms with van der Waals surface area (Å²) in [4.78, 5) is 10.4. The average molecular weight is 263 g/mol. The lowest BCUT2D eigenvalue weighted by Gasteiger charge is -2.07.